The lowest BCUT2D eigenvalue weighted by Gasteiger charge is -2.14. The van der Waals surface area contributed by atoms with Crippen LogP contribution in [-0.4, -0.2) is 23.8 Å². The summed E-state index contributed by atoms with van der Waals surface area (Å²) in [6, 6.07) is 3.70. The van der Waals surface area contributed by atoms with Crippen molar-refractivity contribution in [1.29, 1.82) is 0 Å². The van der Waals surface area contributed by atoms with E-state index in [-0.39, 0.29) is 5.78 Å². The summed E-state index contributed by atoms with van der Waals surface area (Å²) in [4.78, 5) is 13.8. The van der Waals surface area contributed by atoms with Gasteiger partial charge in [-0.15, -0.1) is 11.8 Å². The van der Waals surface area contributed by atoms with Crippen molar-refractivity contribution in [2.75, 3.05) is 12.9 Å². The molecule has 1 fully saturated rings. The van der Waals surface area contributed by atoms with Crippen molar-refractivity contribution in [3.63, 3.8) is 0 Å². The molecule has 0 spiro atoms. The summed E-state index contributed by atoms with van der Waals surface area (Å²) in [6.07, 6.45) is 6.48. The molecular formula is C17H18BrNO3S. The van der Waals surface area contributed by atoms with Crippen molar-refractivity contribution in [2.45, 2.75) is 37.0 Å². The van der Waals surface area contributed by atoms with Gasteiger partial charge in [-0.2, -0.15) is 0 Å². The Balaban J connectivity index is 2.01. The number of hydrogen-bond acceptors (Lipinski definition) is 5. The third-order valence-electron chi connectivity index (χ3n) is 3.77. The Morgan fingerprint density at radius 1 is 1.43 bits per heavy atom. The first kappa shape index (κ1) is 16.6. The molecule has 0 aliphatic heterocycles. The number of aromatic nitrogens is 1. The van der Waals surface area contributed by atoms with E-state index in [0.29, 0.717) is 23.7 Å². The highest BCUT2D eigenvalue weighted by molar-refractivity contribution is 9.10. The van der Waals surface area contributed by atoms with Crippen LogP contribution in [-0.2, 0) is 0 Å². The molecule has 2 aromatic rings. The van der Waals surface area contributed by atoms with Crippen LogP contribution in [0.2, 0.25) is 0 Å². The lowest BCUT2D eigenvalue weighted by Crippen LogP contribution is -2.07. The SMILES string of the molecule is CCCOc1c(Br)ccc(C(=O)c2conc2C2CC2)c1SC. The van der Waals surface area contributed by atoms with Crippen LogP contribution in [0.15, 0.2) is 32.3 Å². The Labute approximate surface area is 148 Å². The molecule has 0 radical (unpaired) electrons. The van der Waals surface area contributed by atoms with Crippen LogP contribution in [0.3, 0.4) is 0 Å². The zero-order valence-electron chi connectivity index (χ0n) is 13.1. The second-order valence-corrected chi connectivity index (χ2v) is 7.19. The van der Waals surface area contributed by atoms with E-state index in [1.165, 1.54) is 18.0 Å². The van der Waals surface area contributed by atoms with Crippen molar-refractivity contribution >= 4 is 33.5 Å². The van der Waals surface area contributed by atoms with Gasteiger partial charge in [-0.1, -0.05) is 12.1 Å². The predicted octanol–water partition coefficient (Wildman–Crippen LogP) is 5.06. The minimum Gasteiger partial charge on any atom is -0.491 e. The number of nitrogens with zero attached hydrogens (tertiary/aromatic N) is 1. The lowest BCUT2D eigenvalue weighted by atomic mass is 10.0. The zero-order chi connectivity index (χ0) is 16.4. The van der Waals surface area contributed by atoms with Crippen LogP contribution in [0.5, 0.6) is 5.75 Å². The number of benzene rings is 1. The largest absolute Gasteiger partial charge is 0.491 e. The Bertz CT molecular complexity index is 725. The maximum Gasteiger partial charge on any atom is 0.199 e. The number of carbonyl (C=O) groups is 1. The molecule has 1 saturated carbocycles. The highest BCUT2D eigenvalue weighted by Crippen LogP contribution is 2.43. The van der Waals surface area contributed by atoms with Gasteiger partial charge < -0.3 is 9.26 Å². The van der Waals surface area contributed by atoms with E-state index in [2.05, 4.69) is 28.0 Å². The fraction of sp³-hybridized carbons (Fsp3) is 0.412. The van der Waals surface area contributed by atoms with Crippen molar-refractivity contribution in [3.8, 4) is 5.75 Å². The van der Waals surface area contributed by atoms with Gasteiger partial charge in [0.2, 0.25) is 0 Å². The molecule has 1 aromatic heterocycles. The van der Waals surface area contributed by atoms with Gasteiger partial charge in [0.25, 0.3) is 0 Å². The van der Waals surface area contributed by atoms with Gasteiger partial charge in [-0.25, -0.2) is 0 Å². The Hall–Kier alpha value is -1.27. The van der Waals surface area contributed by atoms with Crippen molar-refractivity contribution in [3.05, 3.63) is 39.7 Å². The number of ketones is 1. The minimum absolute atomic E-state index is 0.0497. The molecule has 1 heterocycles. The molecule has 0 unspecified atom stereocenters. The maximum atomic E-state index is 13.0. The molecule has 23 heavy (non-hydrogen) atoms. The quantitative estimate of drug-likeness (QED) is 0.484. The summed E-state index contributed by atoms with van der Waals surface area (Å²) in [5.41, 5.74) is 2.00. The van der Waals surface area contributed by atoms with Crippen LogP contribution in [0.1, 0.15) is 53.7 Å². The van der Waals surface area contributed by atoms with Crippen molar-refractivity contribution in [2.24, 2.45) is 0 Å². The maximum absolute atomic E-state index is 13.0. The predicted molar refractivity (Wildman–Crippen MR) is 93.6 cm³/mol. The molecule has 0 saturated heterocycles. The van der Waals surface area contributed by atoms with E-state index in [4.69, 9.17) is 9.26 Å². The fourth-order valence-electron chi connectivity index (χ4n) is 2.47. The van der Waals surface area contributed by atoms with E-state index >= 15 is 0 Å². The monoisotopic (exact) mass is 395 g/mol. The number of thioether (sulfide) groups is 1. The Kier molecular flexibility index (Phi) is 5.11. The number of halogens is 1. The first-order valence-electron chi connectivity index (χ1n) is 7.65. The fourth-order valence-corrected chi connectivity index (χ4v) is 3.78. The molecule has 3 rings (SSSR count). The average Bonchev–Trinajstić information content (AvgIpc) is 3.29. The van der Waals surface area contributed by atoms with E-state index < -0.39 is 0 Å². The third kappa shape index (κ3) is 3.33. The van der Waals surface area contributed by atoms with Gasteiger partial charge in [0.15, 0.2) is 5.78 Å². The minimum atomic E-state index is -0.0497. The summed E-state index contributed by atoms with van der Waals surface area (Å²) in [5, 5.41) is 4.03. The van der Waals surface area contributed by atoms with E-state index in [9.17, 15) is 4.79 Å². The van der Waals surface area contributed by atoms with Gasteiger partial charge in [-0.3, -0.25) is 4.79 Å². The number of carbonyl (C=O) groups excluding carboxylic acids is 1. The van der Waals surface area contributed by atoms with Crippen LogP contribution in [0, 0.1) is 0 Å². The molecule has 0 bridgehead atoms. The highest BCUT2D eigenvalue weighted by Gasteiger charge is 2.33. The summed E-state index contributed by atoms with van der Waals surface area (Å²) >= 11 is 5.03. The number of rotatable bonds is 7. The van der Waals surface area contributed by atoms with Crippen molar-refractivity contribution < 1.29 is 14.1 Å². The first-order valence-corrected chi connectivity index (χ1v) is 9.67. The van der Waals surface area contributed by atoms with Crippen LogP contribution < -0.4 is 4.74 Å². The molecular weight excluding hydrogens is 378 g/mol. The van der Waals surface area contributed by atoms with E-state index in [1.54, 1.807) is 0 Å². The lowest BCUT2D eigenvalue weighted by molar-refractivity contribution is 0.103. The number of ether oxygens (including phenoxy) is 1. The second-order valence-electron chi connectivity index (χ2n) is 5.52. The molecule has 0 N–H and O–H groups in total. The Morgan fingerprint density at radius 3 is 2.87 bits per heavy atom. The third-order valence-corrected chi connectivity index (χ3v) is 5.21. The standard InChI is InChI=1S/C17H18BrNO3S/c1-3-8-21-16-13(18)7-6-11(17(16)23-2)15(20)12-9-22-19-14(12)10-4-5-10/h6-7,9-10H,3-5,8H2,1-2H3. The molecule has 1 aliphatic rings. The summed E-state index contributed by atoms with van der Waals surface area (Å²) < 4.78 is 11.8. The summed E-state index contributed by atoms with van der Waals surface area (Å²) in [6.45, 7) is 2.67. The van der Waals surface area contributed by atoms with Gasteiger partial charge in [-0.05, 0) is 53.6 Å². The Morgan fingerprint density at radius 2 is 2.22 bits per heavy atom. The molecule has 0 amide bonds. The van der Waals surface area contributed by atoms with E-state index in [0.717, 1.165) is 40.1 Å². The summed E-state index contributed by atoms with van der Waals surface area (Å²) in [7, 11) is 0. The van der Waals surface area contributed by atoms with Gasteiger partial charge in [0.05, 0.1) is 27.2 Å². The topological polar surface area (TPSA) is 52.3 Å². The summed E-state index contributed by atoms with van der Waals surface area (Å²) in [5.74, 6) is 1.05. The molecule has 122 valence electrons. The molecule has 6 heteroatoms. The van der Waals surface area contributed by atoms with Gasteiger partial charge >= 0.3 is 0 Å². The van der Waals surface area contributed by atoms with E-state index in [1.807, 2.05) is 18.4 Å². The second kappa shape index (κ2) is 7.09. The average molecular weight is 396 g/mol. The molecule has 4 nitrogen and oxygen atoms in total. The first-order chi connectivity index (χ1) is 11.2. The van der Waals surface area contributed by atoms with Crippen LogP contribution >= 0.6 is 27.7 Å². The smallest absolute Gasteiger partial charge is 0.199 e. The molecule has 1 aromatic carbocycles. The van der Waals surface area contributed by atoms with Crippen LogP contribution in [0.4, 0.5) is 0 Å². The molecule has 1 aliphatic carbocycles. The van der Waals surface area contributed by atoms with Crippen LogP contribution in [0.25, 0.3) is 0 Å². The van der Waals surface area contributed by atoms with Gasteiger partial charge in [0, 0.05) is 11.5 Å². The molecule has 0 atom stereocenters. The normalized spacial score (nSPS) is 14.0. The highest BCUT2D eigenvalue weighted by atomic mass is 79.9. The van der Waals surface area contributed by atoms with Crippen molar-refractivity contribution in [1.82, 2.24) is 5.16 Å². The van der Waals surface area contributed by atoms with Gasteiger partial charge in [0.1, 0.15) is 12.0 Å². The number of hydrogen-bond donors (Lipinski definition) is 0. The zero-order valence-corrected chi connectivity index (χ0v) is 15.5.